The van der Waals surface area contributed by atoms with Gasteiger partial charge in [0.15, 0.2) is 5.71 Å². The Balaban J connectivity index is 1.76. The average Bonchev–Trinajstić information content (AvgIpc) is 2.89. The van der Waals surface area contributed by atoms with Gasteiger partial charge in [0, 0.05) is 17.7 Å². The number of carboxylic acid groups (broad SMARTS) is 1. The molecule has 7 heteroatoms. The highest BCUT2D eigenvalue weighted by Crippen LogP contribution is 2.27. The van der Waals surface area contributed by atoms with Crippen molar-refractivity contribution in [3.63, 3.8) is 0 Å². The number of amides is 1. The summed E-state index contributed by atoms with van der Waals surface area (Å²) >= 11 is 1.87. The molecule has 0 spiro atoms. The zero-order valence-electron chi connectivity index (χ0n) is 10.8. The minimum Gasteiger partial charge on any atom is -0.477 e. The number of carbonyl (C=O) groups excluding carboxylic acids is 1. The van der Waals surface area contributed by atoms with Crippen LogP contribution in [0.15, 0.2) is 5.16 Å². The fourth-order valence-electron chi connectivity index (χ4n) is 2.38. The Labute approximate surface area is 115 Å². The minimum absolute atomic E-state index is 0.0430. The minimum atomic E-state index is -1.13. The Bertz CT molecular complexity index is 391. The number of oxime groups is 1. The zero-order valence-corrected chi connectivity index (χ0v) is 11.6. The first kappa shape index (κ1) is 14.2. The van der Waals surface area contributed by atoms with E-state index < -0.39 is 12.1 Å². The van der Waals surface area contributed by atoms with Crippen LogP contribution in [0.3, 0.4) is 0 Å². The lowest BCUT2D eigenvalue weighted by atomic mass is 9.94. The predicted octanol–water partition coefficient (Wildman–Crippen LogP) is 1.01. The van der Waals surface area contributed by atoms with E-state index in [9.17, 15) is 9.59 Å². The topological polar surface area (TPSA) is 88.0 Å². The summed E-state index contributed by atoms with van der Waals surface area (Å²) in [7, 11) is 0. The van der Waals surface area contributed by atoms with Gasteiger partial charge >= 0.3 is 5.97 Å². The molecule has 2 N–H and O–H groups in total. The Morgan fingerprint density at radius 1 is 1.37 bits per heavy atom. The van der Waals surface area contributed by atoms with Gasteiger partial charge in [-0.2, -0.15) is 11.8 Å². The lowest BCUT2D eigenvalue weighted by Crippen LogP contribution is -2.43. The predicted molar refractivity (Wildman–Crippen MR) is 72.3 cm³/mol. The summed E-state index contributed by atoms with van der Waals surface area (Å²) in [4.78, 5) is 27.5. The average molecular weight is 286 g/mol. The molecule has 2 aliphatic rings. The van der Waals surface area contributed by atoms with E-state index in [2.05, 4.69) is 16.7 Å². The zero-order chi connectivity index (χ0) is 13.8. The second-order valence-electron chi connectivity index (χ2n) is 4.86. The molecule has 2 rings (SSSR count). The normalized spacial score (nSPS) is 30.4. The summed E-state index contributed by atoms with van der Waals surface area (Å²) in [5, 5.41) is 15.8. The number of hydrogen-bond donors (Lipinski definition) is 2. The highest BCUT2D eigenvalue weighted by Gasteiger charge is 2.33. The van der Waals surface area contributed by atoms with Crippen LogP contribution < -0.4 is 5.32 Å². The summed E-state index contributed by atoms with van der Waals surface area (Å²) in [6.45, 7) is 0. The monoisotopic (exact) mass is 286 g/mol. The molecular weight excluding hydrogens is 268 g/mol. The third-order valence-electron chi connectivity index (χ3n) is 3.56. The van der Waals surface area contributed by atoms with Crippen LogP contribution in [0.1, 0.15) is 32.1 Å². The molecule has 0 aromatic heterocycles. The van der Waals surface area contributed by atoms with E-state index in [1.54, 1.807) is 0 Å². The van der Waals surface area contributed by atoms with Gasteiger partial charge in [0.05, 0.1) is 0 Å². The van der Waals surface area contributed by atoms with Crippen LogP contribution in [0.4, 0.5) is 0 Å². The lowest BCUT2D eigenvalue weighted by Gasteiger charge is -2.28. The first-order valence-corrected chi connectivity index (χ1v) is 7.68. The second kappa shape index (κ2) is 6.27. The maximum absolute atomic E-state index is 11.9. The van der Waals surface area contributed by atoms with E-state index in [0.29, 0.717) is 5.25 Å². The number of hydrogen-bond acceptors (Lipinski definition) is 5. The SMILES string of the molecule is CSC1CCC(NC(=O)C2CC(C(=O)O)=NO2)CC1. The maximum Gasteiger partial charge on any atom is 0.353 e. The highest BCUT2D eigenvalue weighted by molar-refractivity contribution is 7.99. The number of carboxylic acids is 1. The Kier molecular flexibility index (Phi) is 4.68. The van der Waals surface area contributed by atoms with Crippen molar-refractivity contribution >= 4 is 29.4 Å². The van der Waals surface area contributed by atoms with Crippen LogP contribution in [0.25, 0.3) is 0 Å². The van der Waals surface area contributed by atoms with Gasteiger partial charge in [-0.05, 0) is 31.9 Å². The van der Waals surface area contributed by atoms with Gasteiger partial charge in [0.1, 0.15) is 0 Å². The third-order valence-corrected chi connectivity index (χ3v) is 4.70. The van der Waals surface area contributed by atoms with Crippen molar-refractivity contribution < 1.29 is 19.5 Å². The molecule has 0 saturated heterocycles. The number of thioether (sulfide) groups is 1. The van der Waals surface area contributed by atoms with Gasteiger partial charge in [0.2, 0.25) is 6.10 Å². The van der Waals surface area contributed by atoms with Gasteiger partial charge in [-0.25, -0.2) is 4.79 Å². The summed E-state index contributed by atoms with van der Waals surface area (Å²) in [6.07, 6.45) is 5.52. The molecule has 1 aliphatic carbocycles. The second-order valence-corrected chi connectivity index (χ2v) is 6.00. The van der Waals surface area contributed by atoms with Gasteiger partial charge in [-0.15, -0.1) is 0 Å². The van der Waals surface area contributed by atoms with Crippen molar-refractivity contribution in [3.8, 4) is 0 Å². The molecule has 0 bridgehead atoms. The summed E-state index contributed by atoms with van der Waals surface area (Å²) in [5.74, 6) is -1.39. The molecule has 0 radical (unpaired) electrons. The van der Waals surface area contributed by atoms with Crippen molar-refractivity contribution in [1.29, 1.82) is 0 Å². The van der Waals surface area contributed by atoms with E-state index in [0.717, 1.165) is 25.7 Å². The molecule has 0 aromatic carbocycles. The number of nitrogens with one attached hydrogen (secondary N) is 1. The van der Waals surface area contributed by atoms with E-state index in [1.807, 2.05) is 11.8 Å². The molecular formula is C12H18N2O4S. The van der Waals surface area contributed by atoms with E-state index in [4.69, 9.17) is 9.94 Å². The molecule has 1 saturated carbocycles. The van der Waals surface area contributed by atoms with E-state index in [1.165, 1.54) is 0 Å². The molecule has 1 unspecified atom stereocenters. The quantitative estimate of drug-likeness (QED) is 0.805. The third kappa shape index (κ3) is 3.62. The largest absolute Gasteiger partial charge is 0.477 e. The van der Waals surface area contributed by atoms with Crippen LogP contribution in [0.5, 0.6) is 0 Å². The van der Waals surface area contributed by atoms with Gasteiger partial charge in [0.25, 0.3) is 5.91 Å². The molecule has 1 fully saturated rings. The molecule has 1 atom stereocenters. The standard InChI is InChI=1S/C12H18N2O4S/c1-19-8-4-2-7(3-5-8)13-11(15)10-6-9(12(16)17)14-18-10/h7-8,10H,2-6H2,1H3,(H,13,15)(H,16,17). The van der Waals surface area contributed by atoms with Crippen LogP contribution in [0, 0.1) is 0 Å². The fourth-order valence-corrected chi connectivity index (χ4v) is 3.12. The van der Waals surface area contributed by atoms with Crippen LogP contribution >= 0.6 is 11.8 Å². The molecule has 1 amide bonds. The lowest BCUT2D eigenvalue weighted by molar-refractivity contribution is -0.132. The van der Waals surface area contributed by atoms with Gasteiger partial charge < -0.3 is 15.3 Å². The Morgan fingerprint density at radius 2 is 2.05 bits per heavy atom. The van der Waals surface area contributed by atoms with Crippen molar-refractivity contribution in [2.75, 3.05) is 6.26 Å². The summed E-state index contributed by atoms with van der Waals surface area (Å²) < 4.78 is 0. The van der Waals surface area contributed by atoms with Crippen LogP contribution in [0.2, 0.25) is 0 Å². The van der Waals surface area contributed by atoms with Crippen LogP contribution in [-0.2, 0) is 14.4 Å². The summed E-state index contributed by atoms with van der Waals surface area (Å²) in [5.41, 5.74) is -0.0914. The highest BCUT2D eigenvalue weighted by atomic mass is 32.2. The number of aliphatic carboxylic acids is 1. The van der Waals surface area contributed by atoms with Crippen molar-refractivity contribution in [3.05, 3.63) is 0 Å². The fraction of sp³-hybridized carbons (Fsp3) is 0.750. The van der Waals surface area contributed by atoms with Gasteiger partial charge in [-0.1, -0.05) is 5.16 Å². The molecule has 0 aromatic rings. The number of nitrogens with zero attached hydrogens (tertiary/aromatic N) is 1. The number of carbonyl (C=O) groups is 2. The molecule has 106 valence electrons. The van der Waals surface area contributed by atoms with Crippen molar-refractivity contribution in [1.82, 2.24) is 5.32 Å². The van der Waals surface area contributed by atoms with E-state index >= 15 is 0 Å². The Hall–Kier alpha value is -1.24. The smallest absolute Gasteiger partial charge is 0.353 e. The molecule has 6 nitrogen and oxygen atoms in total. The first-order valence-electron chi connectivity index (χ1n) is 6.39. The van der Waals surface area contributed by atoms with Crippen molar-refractivity contribution in [2.24, 2.45) is 5.16 Å². The molecule has 19 heavy (non-hydrogen) atoms. The van der Waals surface area contributed by atoms with Gasteiger partial charge in [-0.3, -0.25) is 4.79 Å². The molecule has 1 aliphatic heterocycles. The maximum atomic E-state index is 11.9. The molecule has 1 heterocycles. The van der Waals surface area contributed by atoms with E-state index in [-0.39, 0.29) is 24.1 Å². The Morgan fingerprint density at radius 3 is 2.58 bits per heavy atom. The van der Waals surface area contributed by atoms with Crippen molar-refractivity contribution in [2.45, 2.75) is 49.5 Å². The summed E-state index contributed by atoms with van der Waals surface area (Å²) in [6, 6.07) is 0.174. The number of rotatable bonds is 4. The van der Waals surface area contributed by atoms with Crippen LogP contribution in [-0.4, -0.2) is 46.3 Å². The first-order chi connectivity index (χ1) is 9.10.